The fourth-order valence-electron chi connectivity index (χ4n) is 3.03. The summed E-state index contributed by atoms with van der Waals surface area (Å²) in [6, 6.07) is 11.2. The number of nitrogens with one attached hydrogen (secondary N) is 2. The molecular formula is C21H21ClN2O5. The summed E-state index contributed by atoms with van der Waals surface area (Å²) < 4.78 is 15.8. The number of rotatable bonds is 6. The van der Waals surface area contributed by atoms with E-state index in [4.69, 9.17) is 25.8 Å². The third kappa shape index (κ3) is 4.63. The van der Waals surface area contributed by atoms with Gasteiger partial charge in [-0.2, -0.15) is 0 Å². The Hall–Kier alpha value is -3.19. The summed E-state index contributed by atoms with van der Waals surface area (Å²) in [7, 11) is 3.10. The van der Waals surface area contributed by atoms with Gasteiger partial charge in [0.15, 0.2) is 0 Å². The average molecular weight is 417 g/mol. The fraction of sp³-hybridized carbons (Fsp3) is 0.238. The van der Waals surface area contributed by atoms with Gasteiger partial charge in [-0.15, -0.1) is 0 Å². The molecule has 0 saturated heterocycles. The number of ether oxygens (including phenoxy) is 3. The van der Waals surface area contributed by atoms with Gasteiger partial charge in [0.1, 0.15) is 18.1 Å². The van der Waals surface area contributed by atoms with Gasteiger partial charge < -0.3 is 24.8 Å². The number of urea groups is 1. The minimum atomic E-state index is -0.699. The van der Waals surface area contributed by atoms with Crippen molar-refractivity contribution in [1.82, 2.24) is 10.6 Å². The quantitative estimate of drug-likeness (QED) is 0.701. The SMILES string of the molecule is COc1ccc(COC(=O)C2=C(C)NC(=O)N[C@H]2c2ccc(OC)c(Cl)c2)cc1. The molecule has 152 valence electrons. The zero-order chi connectivity index (χ0) is 21.0. The predicted octanol–water partition coefficient (Wildman–Crippen LogP) is 3.73. The predicted molar refractivity (Wildman–Crippen MR) is 108 cm³/mol. The number of hydrogen-bond acceptors (Lipinski definition) is 5. The third-order valence-electron chi connectivity index (χ3n) is 4.53. The summed E-state index contributed by atoms with van der Waals surface area (Å²) >= 11 is 6.22. The van der Waals surface area contributed by atoms with E-state index in [0.717, 1.165) is 5.56 Å². The highest BCUT2D eigenvalue weighted by Crippen LogP contribution is 2.33. The Morgan fingerprint density at radius 2 is 1.83 bits per heavy atom. The first-order valence-electron chi connectivity index (χ1n) is 8.84. The van der Waals surface area contributed by atoms with Crippen LogP contribution in [0.15, 0.2) is 53.7 Å². The summed E-state index contributed by atoms with van der Waals surface area (Å²) in [5, 5.41) is 5.74. The van der Waals surface area contributed by atoms with E-state index in [1.54, 1.807) is 44.4 Å². The van der Waals surface area contributed by atoms with E-state index in [0.29, 0.717) is 33.4 Å². The lowest BCUT2D eigenvalue weighted by atomic mass is 9.95. The van der Waals surface area contributed by atoms with Crippen LogP contribution in [0.5, 0.6) is 11.5 Å². The number of allylic oxidation sites excluding steroid dienone is 1. The van der Waals surface area contributed by atoms with Gasteiger partial charge >= 0.3 is 12.0 Å². The second-order valence-corrected chi connectivity index (χ2v) is 6.80. The van der Waals surface area contributed by atoms with Crippen molar-refractivity contribution in [3.8, 4) is 11.5 Å². The molecule has 0 unspecified atom stereocenters. The highest BCUT2D eigenvalue weighted by Gasteiger charge is 2.32. The normalized spacial score (nSPS) is 16.0. The molecule has 0 aliphatic carbocycles. The molecule has 1 aliphatic rings. The van der Waals surface area contributed by atoms with E-state index in [1.807, 2.05) is 12.1 Å². The molecule has 2 aromatic carbocycles. The van der Waals surface area contributed by atoms with Crippen LogP contribution < -0.4 is 20.1 Å². The Morgan fingerprint density at radius 1 is 1.10 bits per heavy atom. The zero-order valence-corrected chi connectivity index (χ0v) is 17.0. The first-order chi connectivity index (χ1) is 13.9. The van der Waals surface area contributed by atoms with Gasteiger partial charge in [0.25, 0.3) is 0 Å². The Kier molecular flexibility index (Phi) is 6.29. The van der Waals surface area contributed by atoms with Crippen molar-refractivity contribution in [2.75, 3.05) is 14.2 Å². The molecule has 7 nitrogen and oxygen atoms in total. The zero-order valence-electron chi connectivity index (χ0n) is 16.2. The Balaban J connectivity index is 1.82. The second kappa shape index (κ2) is 8.87. The maximum atomic E-state index is 12.8. The minimum Gasteiger partial charge on any atom is -0.497 e. The van der Waals surface area contributed by atoms with Gasteiger partial charge in [-0.05, 0) is 42.3 Å². The standard InChI is InChI=1S/C21H21ClN2O5/c1-12-18(20(25)29-11-13-4-7-15(27-2)8-5-13)19(24-21(26)23-12)14-6-9-17(28-3)16(22)10-14/h4-10,19H,11H2,1-3H3,(H2,23,24,26)/t19-/m0/s1. The molecule has 2 N–H and O–H groups in total. The second-order valence-electron chi connectivity index (χ2n) is 6.39. The van der Waals surface area contributed by atoms with E-state index in [1.165, 1.54) is 7.11 Å². The Bertz CT molecular complexity index is 956. The largest absolute Gasteiger partial charge is 0.497 e. The summed E-state index contributed by atoms with van der Waals surface area (Å²) in [6.45, 7) is 1.74. The molecule has 29 heavy (non-hydrogen) atoms. The molecule has 0 saturated carbocycles. The third-order valence-corrected chi connectivity index (χ3v) is 4.82. The smallest absolute Gasteiger partial charge is 0.338 e. The van der Waals surface area contributed by atoms with E-state index >= 15 is 0 Å². The van der Waals surface area contributed by atoms with Crippen LogP contribution in [0.1, 0.15) is 24.1 Å². The molecule has 2 amide bonds. The molecule has 0 aromatic heterocycles. The lowest BCUT2D eigenvalue weighted by Gasteiger charge is -2.28. The van der Waals surface area contributed by atoms with Gasteiger partial charge in [-0.25, -0.2) is 9.59 Å². The first kappa shape index (κ1) is 20.5. The van der Waals surface area contributed by atoms with Crippen molar-refractivity contribution in [3.05, 3.63) is 69.9 Å². The summed E-state index contributed by atoms with van der Waals surface area (Å²) in [5.74, 6) is 0.678. The molecule has 1 aliphatic heterocycles. The topological polar surface area (TPSA) is 85.9 Å². The van der Waals surface area contributed by atoms with E-state index in [2.05, 4.69) is 10.6 Å². The van der Waals surface area contributed by atoms with Gasteiger partial charge in [0.2, 0.25) is 0 Å². The lowest BCUT2D eigenvalue weighted by Crippen LogP contribution is -2.45. The molecule has 8 heteroatoms. The van der Waals surface area contributed by atoms with Crippen LogP contribution >= 0.6 is 11.6 Å². The number of esters is 1. The van der Waals surface area contributed by atoms with Crippen molar-refractivity contribution in [1.29, 1.82) is 0 Å². The van der Waals surface area contributed by atoms with Crippen LogP contribution in [-0.2, 0) is 16.1 Å². The number of carbonyl (C=O) groups is 2. The Morgan fingerprint density at radius 3 is 2.45 bits per heavy atom. The molecule has 3 rings (SSSR count). The van der Waals surface area contributed by atoms with Gasteiger partial charge in [0.05, 0.1) is 30.9 Å². The van der Waals surface area contributed by atoms with Crippen LogP contribution in [0, 0.1) is 0 Å². The molecule has 0 fully saturated rings. The van der Waals surface area contributed by atoms with Gasteiger partial charge in [-0.1, -0.05) is 29.8 Å². The van der Waals surface area contributed by atoms with Crippen LogP contribution in [0.4, 0.5) is 4.79 Å². The van der Waals surface area contributed by atoms with Crippen LogP contribution in [0.25, 0.3) is 0 Å². The molecular weight excluding hydrogens is 396 g/mol. The number of methoxy groups -OCH3 is 2. The lowest BCUT2D eigenvalue weighted by molar-refractivity contribution is -0.140. The molecule has 0 bridgehead atoms. The number of halogens is 1. The number of carbonyl (C=O) groups excluding carboxylic acids is 2. The molecule has 1 atom stereocenters. The van der Waals surface area contributed by atoms with Gasteiger partial charge in [0, 0.05) is 5.70 Å². The summed E-state index contributed by atoms with van der Waals surface area (Å²) in [6.07, 6.45) is 0. The van der Waals surface area contributed by atoms with Crippen molar-refractivity contribution < 1.29 is 23.8 Å². The van der Waals surface area contributed by atoms with Crippen LogP contribution in [0.2, 0.25) is 5.02 Å². The van der Waals surface area contributed by atoms with E-state index < -0.39 is 18.0 Å². The minimum absolute atomic E-state index is 0.0869. The maximum Gasteiger partial charge on any atom is 0.338 e. The average Bonchev–Trinajstić information content (AvgIpc) is 2.71. The summed E-state index contributed by atoms with van der Waals surface area (Å²) in [4.78, 5) is 24.8. The number of amides is 2. The summed E-state index contributed by atoms with van der Waals surface area (Å²) in [5.41, 5.74) is 2.18. The molecule has 0 spiro atoms. The molecule has 1 heterocycles. The molecule has 2 aromatic rings. The van der Waals surface area contributed by atoms with Crippen molar-refractivity contribution >= 4 is 23.6 Å². The van der Waals surface area contributed by atoms with Crippen molar-refractivity contribution in [2.45, 2.75) is 19.6 Å². The number of hydrogen-bond donors (Lipinski definition) is 2. The van der Waals surface area contributed by atoms with E-state index in [9.17, 15) is 9.59 Å². The number of benzene rings is 2. The fourth-order valence-corrected chi connectivity index (χ4v) is 3.29. The maximum absolute atomic E-state index is 12.8. The van der Waals surface area contributed by atoms with E-state index in [-0.39, 0.29) is 6.61 Å². The Labute approximate surface area is 173 Å². The van der Waals surface area contributed by atoms with Gasteiger partial charge in [-0.3, -0.25) is 0 Å². The highest BCUT2D eigenvalue weighted by atomic mass is 35.5. The highest BCUT2D eigenvalue weighted by molar-refractivity contribution is 6.32. The first-order valence-corrected chi connectivity index (χ1v) is 9.22. The monoisotopic (exact) mass is 416 g/mol. The van der Waals surface area contributed by atoms with Crippen molar-refractivity contribution in [3.63, 3.8) is 0 Å². The molecule has 0 radical (unpaired) electrons. The van der Waals surface area contributed by atoms with Crippen LogP contribution in [-0.4, -0.2) is 26.2 Å². The van der Waals surface area contributed by atoms with Crippen molar-refractivity contribution in [2.24, 2.45) is 0 Å². The van der Waals surface area contributed by atoms with Crippen LogP contribution in [0.3, 0.4) is 0 Å².